The van der Waals surface area contributed by atoms with E-state index >= 15 is 0 Å². The Morgan fingerprint density at radius 2 is 2.36 bits per heavy atom. The maximum Gasteiger partial charge on any atom is 0.248 e. The van der Waals surface area contributed by atoms with E-state index in [4.69, 9.17) is 4.42 Å². The van der Waals surface area contributed by atoms with Gasteiger partial charge in [-0.05, 0) is 12.5 Å². The maximum absolute atomic E-state index is 12.8. The lowest BCUT2D eigenvalue weighted by molar-refractivity contribution is 0.00530. The van der Waals surface area contributed by atoms with E-state index in [1.165, 1.54) is 18.6 Å². The lowest BCUT2D eigenvalue weighted by Gasteiger charge is -2.07. The molecule has 0 N–H and O–H groups in total. The van der Waals surface area contributed by atoms with Gasteiger partial charge in [0, 0.05) is 18.8 Å². The largest absolute Gasteiger partial charge is 0.472 e. The van der Waals surface area contributed by atoms with Gasteiger partial charge >= 0.3 is 0 Å². The van der Waals surface area contributed by atoms with Crippen molar-refractivity contribution in [3.63, 3.8) is 0 Å². The van der Waals surface area contributed by atoms with Gasteiger partial charge in [0.1, 0.15) is 6.26 Å². The lowest BCUT2D eigenvalue weighted by Crippen LogP contribution is -2.15. The number of Topliss-reactive ketones (excluding diaryl/α,β-unsaturated/α-hetero) is 1. The molecule has 0 aromatic carbocycles. The number of alkyl halides is 2. The van der Waals surface area contributed by atoms with Crippen LogP contribution in [0, 0.1) is 5.92 Å². The van der Waals surface area contributed by atoms with Crippen LogP contribution in [0.25, 0.3) is 0 Å². The summed E-state index contributed by atoms with van der Waals surface area (Å²) in [6.45, 7) is 0. The number of furan rings is 1. The molecule has 1 aliphatic rings. The molecule has 1 saturated carbocycles. The Bertz CT molecular complexity index is 330. The first kappa shape index (κ1) is 9.37. The number of ketones is 1. The molecule has 0 bridgehead atoms. The summed E-state index contributed by atoms with van der Waals surface area (Å²) in [5.41, 5.74) is 0.396. The van der Waals surface area contributed by atoms with Crippen LogP contribution >= 0.6 is 0 Å². The predicted octanol–water partition coefficient (Wildman–Crippen LogP) is 2.90. The maximum atomic E-state index is 12.8. The van der Waals surface area contributed by atoms with Gasteiger partial charge in [0.25, 0.3) is 0 Å². The number of carbonyl (C=O) groups excluding carboxylic acids is 1. The Morgan fingerprint density at radius 1 is 1.57 bits per heavy atom. The predicted molar refractivity (Wildman–Crippen MR) is 45.3 cm³/mol. The molecule has 1 fully saturated rings. The third-order valence-electron chi connectivity index (χ3n) is 2.58. The Labute approximate surface area is 79.9 Å². The molecule has 2 rings (SSSR count). The standard InChI is InChI=1S/C10H10F2O2/c11-10(12)3-1-7(5-10)9(13)8-2-4-14-6-8/h2,4,6-7H,1,3,5H2. The third-order valence-corrected chi connectivity index (χ3v) is 2.58. The molecular weight excluding hydrogens is 190 g/mol. The minimum atomic E-state index is -2.66. The summed E-state index contributed by atoms with van der Waals surface area (Å²) in [6.07, 6.45) is 2.45. The van der Waals surface area contributed by atoms with Crippen molar-refractivity contribution in [2.24, 2.45) is 5.92 Å². The van der Waals surface area contributed by atoms with Gasteiger partial charge in [0.15, 0.2) is 5.78 Å². The van der Waals surface area contributed by atoms with Crippen LogP contribution in [0.2, 0.25) is 0 Å². The van der Waals surface area contributed by atoms with Crippen LogP contribution in [0.4, 0.5) is 8.78 Å². The van der Waals surface area contributed by atoms with Gasteiger partial charge in [-0.3, -0.25) is 4.79 Å². The van der Waals surface area contributed by atoms with E-state index in [9.17, 15) is 13.6 Å². The number of hydrogen-bond acceptors (Lipinski definition) is 2. The molecule has 0 spiro atoms. The normalized spacial score (nSPS) is 25.1. The monoisotopic (exact) mass is 200 g/mol. The van der Waals surface area contributed by atoms with Gasteiger partial charge in [-0.2, -0.15) is 0 Å². The van der Waals surface area contributed by atoms with E-state index in [-0.39, 0.29) is 25.0 Å². The smallest absolute Gasteiger partial charge is 0.248 e. The van der Waals surface area contributed by atoms with E-state index in [0.717, 1.165) is 0 Å². The van der Waals surface area contributed by atoms with Crippen molar-refractivity contribution in [1.82, 2.24) is 0 Å². The highest BCUT2D eigenvalue weighted by Crippen LogP contribution is 2.40. The van der Waals surface area contributed by atoms with E-state index < -0.39 is 11.8 Å². The van der Waals surface area contributed by atoms with Crippen LogP contribution in [-0.2, 0) is 0 Å². The topological polar surface area (TPSA) is 30.2 Å². The Balaban J connectivity index is 2.08. The van der Waals surface area contributed by atoms with Crippen molar-refractivity contribution in [1.29, 1.82) is 0 Å². The van der Waals surface area contributed by atoms with Crippen molar-refractivity contribution in [2.45, 2.75) is 25.2 Å². The minimum Gasteiger partial charge on any atom is -0.472 e. The second kappa shape index (κ2) is 3.19. The summed E-state index contributed by atoms with van der Waals surface area (Å²) in [6, 6.07) is 1.51. The second-order valence-corrected chi connectivity index (χ2v) is 3.67. The van der Waals surface area contributed by atoms with Crippen LogP contribution in [-0.4, -0.2) is 11.7 Å². The second-order valence-electron chi connectivity index (χ2n) is 3.67. The highest BCUT2D eigenvalue weighted by Gasteiger charge is 2.42. The molecule has 0 radical (unpaired) electrons. The summed E-state index contributed by atoms with van der Waals surface area (Å²) < 4.78 is 30.4. The number of rotatable bonds is 2. The van der Waals surface area contributed by atoms with E-state index in [0.29, 0.717) is 5.56 Å². The number of carbonyl (C=O) groups is 1. The molecule has 2 nitrogen and oxygen atoms in total. The molecule has 1 aliphatic carbocycles. The fourth-order valence-electron chi connectivity index (χ4n) is 1.81. The fourth-order valence-corrected chi connectivity index (χ4v) is 1.81. The van der Waals surface area contributed by atoms with Gasteiger partial charge in [-0.15, -0.1) is 0 Å². The molecule has 1 atom stereocenters. The minimum absolute atomic E-state index is 0.179. The molecular formula is C10H10F2O2. The van der Waals surface area contributed by atoms with Crippen molar-refractivity contribution in [2.75, 3.05) is 0 Å². The van der Waals surface area contributed by atoms with Gasteiger partial charge < -0.3 is 4.42 Å². The quantitative estimate of drug-likeness (QED) is 0.687. The van der Waals surface area contributed by atoms with Gasteiger partial charge in [-0.1, -0.05) is 0 Å². The van der Waals surface area contributed by atoms with Crippen LogP contribution in [0.1, 0.15) is 29.6 Å². The van der Waals surface area contributed by atoms with Crippen LogP contribution in [0.15, 0.2) is 23.0 Å². The molecule has 1 unspecified atom stereocenters. The molecule has 14 heavy (non-hydrogen) atoms. The number of halogens is 2. The van der Waals surface area contributed by atoms with Gasteiger partial charge in [0.2, 0.25) is 5.92 Å². The summed E-state index contributed by atoms with van der Waals surface area (Å²) in [5.74, 6) is -3.43. The molecule has 1 aromatic rings. The zero-order valence-corrected chi connectivity index (χ0v) is 7.50. The molecule has 1 heterocycles. The van der Waals surface area contributed by atoms with Crippen molar-refractivity contribution >= 4 is 5.78 Å². The fraction of sp³-hybridized carbons (Fsp3) is 0.500. The number of hydrogen-bond donors (Lipinski definition) is 0. The molecule has 1 aromatic heterocycles. The van der Waals surface area contributed by atoms with E-state index in [2.05, 4.69) is 0 Å². The van der Waals surface area contributed by atoms with Crippen LogP contribution in [0.3, 0.4) is 0 Å². The molecule has 0 saturated heterocycles. The van der Waals surface area contributed by atoms with E-state index in [1.807, 2.05) is 0 Å². The van der Waals surface area contributed by atoms with Crippen molar-refractivity contribution in [3.8, 4) is 0 Å². The zero-order valence-electron chi connectivity index (χ0n) is 7.50. The lowest BCUT2D eigenvalue weighted by atomic mass is 9.98. The van der Waals surface area contributed by atoms with Crippen LogP contribution in [0.5, 0.6) is 0 Å². The first-order valence-corrected chi connectivity index (χ1v) is 4.53. The highest BCUT2D eigenvalue weighted by molar-refractivity contribution is 5.97. The Morgan fingerprint density at radius 3 is 2.86 bits per heavy atom. The van der Waals surface area contributed by atoms with Gasteiger partial charge in [-0.25, -0.2) is 8.78 Å². The average Bonchev–Trinajstić information content (AvgIpc) is 2.72. The first-order valence-electron chi connectivity index (χ1n) is 4.53. The van der Waals surface area contributed by atoms with Crippen molar-refractivity contribution in [3.05, 3.63) is 24.2 Å². The molecule has 76 valence electrons. The highest BCUT2D eigenvalue weighted by atomic mass is 19.3. The first-order chi connectivity index (χ1) is 6.58. The van der Waals surface area contributed by atoms with E-state index in [1.54, 1.807) is 0 Å². The molecule has 0 amide bonds. The van der Waals surface area contributed by atoms with Gasteiger partial charge in [0.05, 0.1) is 11.8 Å². The SMILES string of the molecule is O=C(c1ccoc1)C1CCC(F)(F)C1. The van der Waals surface area contributed by atoms with Crippen molar-refractivity contribution < 1.29 is 18.0 Å². The summed E-state index contributed by atoms with van der Waals surface area (Å²) in [4.78, 5) is 11.6. The third kappa shape index (κ3) is 1.69. The summed E-state index contributed by atoms with van der Waals surface area (Å²) in [7, 11) is 0. The van der Waals surface area contributed by atoms with Crippen LogP contribution < -0.4 is 0 Å². The molecule has 0 aliphatic heterocycles. The Hall–Kier alpha value is -1.19. The molecule has 4 heteroatoms. The Kier molecular flexibility index (Phi) is 2.13. The average molecular weight is 200 g/mol. The zero-order chi connectivity index (χ0) is 10.2. The summed E-state index contributed by atoms with van der Waals surface area (Å²) >= 11 is 0. The summed E-state index contributed by atoms with van der Waals surface area (Å²) in [5, 5.41) is 0.